The third-order valence-electron chi connectivity index (χ3n) is 5.78. The number of amides is 1. The number of carbonyl (C=O) groups is 1. The molecule has 0 atom stereocenters. The van der Waals surface area contributed by atoms with Gasteiger partial charge in [0.15, 0.2) is 11.5 Å². The molecule has 0 radical (unpaired) electrons. The van der Waals surface area contributed by atoms with Crippen molar-refractivity contribution >= 4 is 27.5 Å². The van der Waals surface area contributed by atoms with E-state index in [0.29, 0.717) is 25.3 Å². The summed E-state index contributed by atoms with van der Waals surface area (Å²) in [7, 11) is 0. The van der Waals surface area contributed by atoms with Crippen molar-refractivity contribution < 1.29 is 19.0 Å². The Morgan fingerprint density at radius 2 is 1.90 bits per heavy atom. The summed E-state index contributed by atoms with van der Waals surface area (Å²) in [5.74, 6) is 1.59. The number of aromatic nitrogens is 1. The number of likely N-dealkylation sites (tertiary alicyclic amines) is 1. The number of thiazole rings is 1. The average Bonchev–Trinajstić information content (AvgIpc) is 3.38. The highest BCUT2D eigenvalue weighted by molar-refractivity contribution is 7.20. The molecule has 0 bridgehead atoms. The summed E-state index contributed by atoms with van der Waals surface area (Å²) in [6.07, 6.45) is 2.11. The van der Waals surface area contributed by atoms with E-state index in [2.05, 4.69) is 26.0 Å². The van der Waals surface area contributed by atoms with Crippen molar-refractivity contribution in [3.8, 4) is 16.7 Å². The zero-order valence-corrected chi connectivity index (χ0v) is 18.0. The molecule has 2 aliphatic heterocycles. The Morgan fingerprint density at radius 3 is 2.70 bits per heavy atom. The zero-order valence-electron chi connectivity index (χ0n) is 17.1. The van der Waals surface area contributed by atoms with Crippen molar-refractivity contribution in [1.82, 2.24) is 9.88 Å². The van der Waals surface area contributed by atoms with Gasteiger partial charge in [0.1, 0.15) is 6.10 Å². The van der Waals surface area contributed by atoms with Crippen LogP contribution >= 0.6 is 11.3 Å². The SMILES string of the molecule is Cc1ccc(C)c2sc(OC3CCN(C(=O)Cc4ccc5c(c4)OCO5)CC3)nc12. The number of benzene rings is 2. The van der Waals surface area contributed by atoms with Gasteiger partial charge in [-0.15, -0.1) is 0 Å². The highest BCUT2D eigenvalue weighted by atomic mass is 32.1. The Hall–Kier alpha value is -2.80. The molecule has 5 rings (SSSR count). The van der Waals surface area contributed by atoms with Gasteiger partial charge in [-0.1, -0.05) is 29.5 Å². The molecule has 156 valence electrons. The average molecular weight is 425 g/mol. The van der Waals surface area contributed by atoms with Gasteiger partial charge in [0.2, 0.25) is 12.7 Å². The first-order valence-electron chi connectivity index (χ1n) is 10.3. The number of hydrogen-bond donors (Lipinski definition) is 0. The van der Waals surface area contributed by atoms with Crippen molar-refractivity contribution in [2.75, 3.05) is 19.9 Å². The van der Waals surface area contributed by atoms with Crippen LogP contribution in [0.4, 0.5) is 0 Å². The molecule has 0 aliphatic carbocycles. The molecule has 1 amide bonds. The van der Waals surface area contributed by atoms with Crippen LogP contribution in [0.5, 0.6) is 16.7 Å². The Labute approximate surface area is 179 Å². The quantitative estimate of drug-likeness (QED) is 0.627. The Balaban J connectivity index is 1.18. The summed E-state index contributed by atoms with van der Waals surface area (Å²) in [5, 5.41) is 0.729. The van der Waals surface area contributed by atoms with Gasteiger partial charge in [0.25, 0.3) is 5.19 Å². The molecule has 2 aromatic carbocycles. The van der Waals surface area contributed by atoms with Gasteiger partial charge in [-0.25, -0.2) is 4.98 Å². The third kappa shape index (κ3) is 3.69. The smallest absolute Gasteiger partial charge is 0.274 e. The molecule has 1 aromatic heterocycles. The molecular weight excluding hydrogens is 400 g/mol. The predicted octanol–water partition coefficient (Wildman–Crippen LogP) is 4.25. The number of fused-ring (bicyclic) bond motifs is 2. The van der Waals surface area contributed by atoms with Gasteiger partial charge < -0.3 is 19.1 Å². The molecule has 7 heteroatoms. The minimum absolute atomic E-state index is 0.0979. The van der Waals surface area contributed by atoms with Crippen molar-refractivity contribution in [1.29, 1.82) is 0 Å². The summed E-state index contributed by atoms with van der Waals surface area (Å²) in [6.45, 7) is 5.84. The molecule has 3 heterocycles. The predicted molar refractivity (Wildman–Crippen MR) is 116 cm³/mol. The van der Waals surface area contributed by atoms with Crippen LogP contribution in [0.3, 0.4) is 0 Å². The normalized spacial score (nSPS) is 16.3. The number of ether oxygens (including phenoxy) is 3. The van der Waals surface area contributed by atoms with Gasteiger partial charge >= 0.3 is 0 Å². The standard InChI is InChI=1S/C23H24N2O4S/c1-14-3-4-15(2)22-21(14)24-23(30-22)29-17-7-9-25(10-8-17)20(26)12-16-5-6-18-19(11-16)28-13-27-18/h3-6,11,17H,7-10,12-13H2,1-2H3. The van der Waals surface area contributed by atoms with Crippen LogP contribution in [0.2, 0.25) is 0 Å². The van der Waals surface area contributed by atoms with E-state index in [1.165, 1.54) is 15.8 Å². The Kier molecular flexibility index (Phi) is 4.98. The number of nitrogens with zero attached hydrogens (tertiary/aromatic N) is 2. The summed E-state index contributed by atoms with van der Waals surface area (Å²) in [6, 6.07) is 9.92. The van der Waals surface area contributed by atoms with Crippen LogP contribution in [0.15, 0.2) is 30.3 Å². The first-order valence-corrected chi connectivity index (χ1v) is 11.1. The second kappa shape index (κ2) is 7.80. The maximum absolute atomic E-state index is 12.7. The number of aryl methyl sites for hydroxylation is 2. The molecule has 1 saturated heterocycles. The molecule has 0 saturated carbocycles. The fraction of sp³-hybridized carbons (Fsp3) is 0.391. The van der Waals surface area contributed by atoms with Crippen LogP contribution in [0.25, 0.3) is 10.2 Å². The van der Waals surface area contributed by atoms with Gasteiger partial charge in [0.05, 0.1) is 16.6 Å². The van der Waals surface area contributed by atoms with E-state index in [-0.39, 0.29) is 18.8 Å². The van der Waals surface area contributed by atoms with Crippen molar-refractivity contribution in [2.45, 2.75) is 39.2 Å². The monoisotopic (exact) mass is 424 g/mol. The zero-order chi connectivity index (χ0) is 20.7. The summed E-state index contributed by atoms with van der Waals surface area (Å²) >= 11 is 1.61. The van der Waals surface area contributed by atoms with E-state index in [0.717, 1.165) is 34.9 Å². The number of carbonyl (C=O) groups excluding carboxylic acids is 1. The highest BCUT2D eigenvalue weighted by Crippen LogP contribution is 2.34. The lowest BCUT2D eigenvalue weighted by atomic mass is 10.1. The molecule has 0 unspecified atom stereocenters. The van der Waals surface area contributed by atoms with Crippen LogP contribution in [0, 0.1) is 13.8 Å². The van der Waals surface area contributed by atoms with Gasteiger partial charge in [-0.3, -0.25) is 4.79 Å². The lowest BCUT2D eigenvalue weighted by Gasteiger charge is -2.31. The fourth-order valence-electron chi connectivity index (χ4n) is 3.99. The molecule has 3 aromatic rings. The Bertz CT molecular complexity index is 1060. The summed E-state index contributed by atoms with van der Waals surface area (Å²) in [4.78, 5) is 19.4. The maximum Gasteiger partial charge on any atom is 0.274 e. The largest absolute Gasteiger partial charge is 0.467 e. The minimum atomic E-state index is 0.0979. The Morgan fingerprint density at radius 1 is 1.13 bits per heavy atom. The van der Waals surface area contributed by atoms with E-state index in [1.54, 1.807) is 11.3 Å². The lowest BCUT2D eigenvalue weighted by Crippen LogP contribution is -2.42. The first-order chi connectivity index (χ1) is 14.6. The third-order valence-corrected chi connectivity index (χ3v) is 6.86. The fourth-order valence-corrected chi connectivity index (χ4v) is 5.02. The van der Waals surface area contributed by atoms with Crippen molar-refractivity contribution in [3.05, 3.63) is 47.0 Å². The number of hydrogen-bond acceptors (Lipinski definition) is 6. The van der Waals surface area contributed by atoms with Crippen molar-refractivity contribution in [3.63, 3.8) is 0 Å². The van der Waals surface area contributed by atoms with Gasteiger partial charge in [-0.05, 0) is 42.7 Å². The van der Waals surface area contributed by atoms with E-state index in [9.17, 15) is 4.79 Å². The minimum Gasteiger partial charge on any atom is -0.467 e. The van der Waals surface area contributed by atoms with E-state index < -0.39 is 0 Å². The first kappa shape index (κ1) is 19.2. The maximum atomic E-state index is 12.7. The molecule has 2 aliphatic rings. The van der Waals surface area contributed by atoms with Crippen LogP contribution in [0.1, 0.15) is 29.5 Å². The number of piperidine rings is 1. The highest BCUT2D eigenvalue weighted by Gasteiger charge is 2.25. The molecule has 0 N–H and O–H groups in total. The topological polar surface area (TPSA) is 60.9 Å². The van der Waals surface area contributed by atoms with Crippen LogP contribution in [-0.2, 0) is 11.2 Å². The second-order valence-electron chi connectivity index (χ2n) is 7.92. The van der Waals surface area contributed by atoms with E-state index in [4.69, 9.17) is 19.2 Å². The van der Waals surface area contributed by atoms with Crippen LogP contribution in [-0.4, -0.2) is 41.8 Å². The van der Waals surface area contributed by atoms with E-state index in [1.807, 2.05) is 23.1 Å². The second-order valence-corrected chi connectivity index (χ2v) is 8.88. The molecular formula is C23H24N2O4S. The lowest BCUT2D eigenvalue weighted by molar-refractivity contribution is -0.132. The molecule has 6 nitrogen and oxygen atoms in total. The van der Waals surface area contributed by atoms with Crippen LogP contribution < -0.4 is 14.2 Å². The molecule has 30 heavy (non-hydrogen) atoms. The molecule has 0 spiro atoms. The van der Waals surface area contributed by atoms with Gasteiger partial charge in [-0.2, -0.15) is 0 Å². The van der Waals surface area contributed by atoms with Gasteiger partial charge in [0, 0.05) is 25.9 Å². The van der Waals surface area contributed by atoms with Crippen molar-refractivity contribution in [2.24, 2.45) is 0 Å². The summed E-state index contributed by atoms with van der Waals surface area (Å²) in [5.41, 5.74) is 4.38. The summed E-state index contributed by atoms with van der Waals surface area (Å²) < 4.78 is 18.1. The number of rotatable bonds is 4. The molecule has 1 fully saturated rings. The van der Waals surface area contributed by atoms with E-state index >= 15 is 0 Å².